The summed E-state index contributed by atoms with van der Waals surface area (Å²) in [4.78, 5) is 16.7. The number of nitrogens with zero attached hydrogens (tertiary/aromatic N) is 1. The Labute approximate surface area is 185 Å². The summed E-state index contributed by atoms with van der Waals surface area (Å²) in [6.45, 7) is 5.43. The summed E-state index contributed by atoms with van der Waals surface area (Å²) >= 11 is 0. The number of alkyl halides is 3. The van der Waals surface area contributed by atoms with E-state index in [2.05, 4.69) is 17.9 Å². The Balaban J connectivity index is 1.37. The third-order valence-electron chi connectivity index (χ3n) is 7.56. The molecule has 0 saturated carbocycles. The zero-order valence-corrected chi connectivity index (χ0v) is 18.3. The summed E-state index contributed by atoms with van der Waals surface area (Å²) in [7, 11) is 2.27. The van der Waals surface area contributed by atoms with Gasteiger partial charge in [-0.3, -0.25) is 4.79 Å². The fraction of sp³-hybridized carbons (Fsp3) is 0.542. The number of nitrogens with one attached hydrogen (secondary N) is 2. The number of aromatic nitrogens is 1. The van der Waals surface area contributed by atoms with E-state index in [1.54, 1.807) is 9.80 Å². The van der Waals surface area contributed by atoms with Gasteiger partial charge in [-0.2, -0.15) is 0 Å². The summed E-state index contributed by atoms with van der Waals surface area (Å²) in [5.74, 6) is 0.611. The first kappa shape index (κ1) is 21.5. The van der Waals surface area contributed by atoms with Crippen molar-refractivity contribution in [2.24, 2.45) is 5.92 Å². The molecule has 4 heterocycles. The van der Waals surface area contributed by atoms with Crippen LogP contribution in [0.5, 0.6) is 5.75 Å². The number of ether oxygens (including phenoxy) is 1. The quantitative estimate of drug-likeness (QED) is 0.737. The van der Waals surface area contributed by atoms with Crippen molar-refractivity contribution in [3.8, 4) is 16.9 Å². The molecular formula is C24H30F3N3O2+2. The number of halogens is 3. The molecule has 0 amide bonds. The van der Waals surface area contributed by atoms with Crippen molar-refractivity contribution >= 4 is 0 Å². The molecule has 1 aromatic carbocycles. The van der Waals surface area contributed by atoms with Crippen LogP contribution in [0.25, 0.3) is 11.1 Å². The van der Waals surface area contributed by atoms with Crippen molar-refractivity contribution in [3.05, 3.63) is 52.4 Å². The van der Waals surface area contributed by atoms with Gasteiger partial charge in [0.05, 0.1) is 39.3 Å². The van der Waals surface area contributed by atoms with Crippen molar-refractivity contribution < 1.29 is 27.7 Å². The molecule has 0 spiro atoms. The molecule has 2 saturated heterocycles. The van der Waals surface area contributed by atoms with Gasteiger partial charge in [0, 0.05) is 42.5 Å². The number of rotatable bonds is 3. The first-order valence-electron chi connectivity index (χ1n) is 11.5. The molecule has 3 aliphatic heterocycles. The minimum absolute atomic E-state index is 0.0481. The van der Waals surface area contributed by atoms with Crippen LogP contribution in [-0.2, 0) is 6.54 Å². The predicted molar refractivity (Wildman–Crippen MR) is 114 cm³/mol. The Kier molecular flexibility index (Phi) is 5.53. The monoisotopic (exact) mass is 449 g/mol. The van der Waals surface area contributed by atoms with Crippen LogP contribution >= 0.6 is 0 Å². The number of benzene rings is 1. The second-order valence-electron chi connectivity index (χ2n) is 9.76. The average Bonchev–Trinajstić information content (AvgIpc) is 2.74. The zero-order valence-electron chi connectivity index (χ0n) is 18.3. The molecule has 5 rings (SSSR count). The van der Waals surface area contributed by atoms with Gasteiger partial charge < -0.3 is 19.1 Å². The van der Waals surface area contributed by atoms with Gasteiger partial charge in [-0.25, -0.2) is 0 Å². The van der Waals surface area contributed by atoms with Crippen molar-refractivity contribution in [3.63, 3.8) is 0 Å². The van der Waals surface area contributed by atoms with Crippen molar-refractivity contribution in [2.75, 3.05) is 33.2 Å². The molecule has 2 bridgehead atoms. The maximum atomic E-state index is 13.3. The molecule has 8 heteroatoms. The topological polar surface area (TPSA) is 40.1 Å². The van der Waals surface area contributed by atoms with Gasteiger partial charge in [0.15, 0.2) is 0 Å². The number of pyridine rings is 1. The lowest BCUT2D eigenvalue weighted by molar-refractivity contribution is -0.959. The van der Waals surface area contributed by atoms with Gasteiger partial charge in [-0.15, -0.1) is 13.2 Å². The lowest BCUT2D eigenvalue weighted by atomic mass is 9.81. The summed E-state index contributed by atoms with van der Waals surface area (Å²) in [6, 6.07) is 10.2. The summed E-state index contributed by atoms with van der Waals surface area (Å²) < 4.78 is 43.1. The summed E-state index contributed by atoms with van der Waals surface area (Å²) in [5, 5.41) is 0. The fourth-order valence-electron chi connectivity index (χ4n) is 6.01. The van der Waals surface area contributed by atoms with E-state index in [9.17, 15) is 18.0 Å². The second kappa shape index (κ2) is 8.23. The number of quaternary nitrogens is 2. The van der Waals surface area contributed by atoms with Gasteiger partial charge in [-0.05, 0) is 36.2 Å². The maximum absolute atomic E-state index is 13.3. The van der Waals surface area contributed by atoms with Gasteiger partial charge in [0.25, 0.3) is 5.56 Å². The number of hydrogen-bond acceptors (Lipinski definition) is 2. The Hall–Kier alpha value is -2.32. The number of piperidine rings is 2. The highest BCUT2D eigenvalue weighted by atomic mass is 19.4. The Morgan fingerprint density at radius 1 is 1.03 bits per heavy atom. The van der Waals surface area contributed by atoms with E-state index in [1.807, 2.05) is 10.6 Å². The first-order chi connectivity index (χ1) is 15.3. The highest BCUT2D eigenvalue weighted by molar-refractivity contribution is 5.63. The van der Waals surface area contributed by atoms with E-state index in [4.69, 9.17) is 0 Å². The SMILES string of the molecule is C[NH+]1CCC([NH+]2C[C@@H]3C[C@H](C2)c2ccc(-c4ccc(OC(F)(F)F)cc4)c(=O)n2C3)CC1. The Bertz CT molecular complexity index is 1030. The molecule has 0 radical (unpaired) electrons. The van der Waals surface area contributed by atoms with E-state index in [1.165, 1.54) is 50.2 Å². The minimum atomic E-state index is -4.73. The molecule has 172 valence electrons. The maximum Gasteiger partial charge on any atom is 0.573 e. The Morgan fingerprint density at radius 2 is 1.75 bits per heavy atom. The zero-order chi connectivity index (χ0) is 22.5. The molecule has 2 N–H and O–H groups in total. The molecule has 5 nitrogen and oxygen atoms in total. The molecule has 3 atom stereocenters. The smallest absolute Gasteiger partial charge is 0.406 e. The van der Waals surface area contributed by atoms with Crippen molar-refractivity contribution in [2.45, 2.75) is 44.1 Å². The van der Waals surface area contributed by atoms with Gasteiger partial charge in [0.1, 0.15) is 5.75 Å². The van der Waals surface area contributed by atoms with Crippen LogP contribution in [0, 0.1) is 5.92 Å². The highest BCUT2D eigenvalue weighted by Crippen LogP contribution is 2.32. The third-order valence-corrected chi connectivity index (χ3v) is 7.56. The van der Waals surface area contributed by atoms with E-state index in [0.29, 0.717) is 23.0 Å². The summed E-state index contributed by atoms with van der Waals surface area (Å²) in [6.07, 6.45) is -1.03. The number of fused-ring (bicyclic) bond motifs is 4. The van der Waals surface area contributed by atoms with E-state index >= 15 is 0 Å². The third kappa shape index (κ3) is 4.30. The average molecular weight is 450 g/mol. The lowest BCUT2D eigenvalue weighted by Crippen LogP contribution is -3.21. The Morgan fingerprint density at radius 3 is 2.44 bits per heavy atom. The first-order valence-corrected chi connectivity index (χ1v) is 11.5. The minimum Gasteiger partial charge on any atom is -0.406 e. The number of hydrogen-bond donors (Lipinski definition) is 2. The second-order valence-corrected chi connectivity index (χ2v) is 9.76. The van der Waals surface area contributed by atoms with Gasteiger partial charge in [-0.1, -0.05) is 12.1 Å². The van der Waals surface area contributed by atoms with Gasteiger partial charge in [0.2, 0.25) is 0 Å². The molecule has 3 aliphatic rings. The van der Waals surface area contributed by atoms with Crippen molar-refractivity contribution in [1.82, 2.24) is 4.57 Å². The number of likely N-dealkylation sites (tertiary alicyclic amines) is 2. The largest absolute Gasteiger partial charge is 0.573 e. The predicted octanol–water partition coefficient (Wildman–Crippen LogP) is 1.09. The molecule has 1 unspecified atom stereocenters. The lowest BCUT2D eigenvalue weighted by Gasteiger charge is -2.44. The molecule has 32 heavy (non-hydrogen) atoms. The van der Waals surface area contributed by atoms with Crippen molar-refractivity contribution in [1.29, 1.82) is 0 Å². The van der Waals surface area contributed by atoms with Crippen LogP contribution in [0.4, 0.5) is 13.2 Å². The van der Waals surface area contributed by atoms with Crippen LogP contribution in [0.15, 0.2) is 41.2 Å². The molecule has 2 fully saturated rings. The van der Waals surface area contributed by atoms with E-state index < -0.39 is 6.36 Å². The van der Waals surface area contributed by atoms with Crippen LogP contribution in [0.1, 0.15) is 30.9 Å². The fourth-order valence-corrected chi connectivity index (χ4v) is 6.01. The van der Waals surface area contributed by atoms with Crippen LogP contribution in [-0.4, -0.2) is 50.2 Å². The van der Waals surface area contributed by atoms with Crippen LogP contribution < -0.4 is 20.1 Å². The molecule has 0 aliphatic carbocycles. The molecule has 2 aromatic rings. The molecule has 1 aromatic heterocycles. The van der Waals surface area contributed by atoms with E-state index in [0.717, 1.165) is 37.8 Å². The highest BCUT2D eigenvalue weighted by Gasteiger charge is 2.41. The normalized spacial score (nSPS) is 29.9. The van der Waals surface area contributed by atoms with Crippen LogP contribution in [0.2, 0.25) is 0 Å². The van der Waals surface area contributed by atoms with Crippen LogP contribution in [0.3, 0.4) is 0 Å². The molecular weight excluding hydrogens is 419 g/mol. The van der Waals surface area contributed by atoms with E-state index in [-0.39, 0.29) is 11.3 Å². The van der Waals surface area contributed by atoms with Gasteiger partial charge >= 0.3 is 6.36 Å². The standard InChI is InChI=1S/C24H28F3N3O2/c1-28-10-8-19(9-11-28)29-13-16-12-18(15-29)22-7-6-21(23(31)30(22)14-16)17-2-4-20(5-3-17)32-24(25,26)27/h2-7,16,18-19H,8-15H2,1H3/p+2/t16-,18+/m0/s1. The summed E-state index contributed by atoms with van der Waals surface area (Å²) in [5.41, 5.74) is 2.20.